The van der Waals surface area contributed by atoms with Crippen LogP contribution in [0, 0.1) is 10.1 Å². The zero-order valence-electron chi connectivity index (χ0n) is 23.2. The minimum Gasteiger partial charge on any atom is -0.351 e. The molecule has 2 saturated heterocycles. The summed E-state index contributed by atoms with van der Waals surface area (Å²) in [5.74, 6) is -0.203. The molecule has 4 aromatic rings. The number of benzene rings is 2. The van der Waals surface area contributed by atoms with Gasteiger partial charge in [0, 0.05) is 68.1 Å². The predicted molar refractivity (Wildman–Crippen MR) is 159 cm³/mol. The van der Waals surface area contributed by atoms with E-state index in [1.165, 1.54) is 12.3 Å². The first-order chi connectivity index (χ1) is 20.5. The molecular formula is C32H32N6O4. The number of H-pyrrole nitrogens is 1. The first-order valence-electron chi connectivity index (χ1n) is 14.2. The molecule has 214 valence electrons. The lowest BCUT2D eigenvalue weighted by Gasteiger charge is -2.42. The van der Waals surface area contributed by atoms with Crippen LogP contribution in [-0.4, -0.2) is 86.7 Å². The summed E-state index contributed by atoms with van der Waals surface area (Å²) in [5, 5.41) is 11.0. The summed E-state index contributed by atoms with van der Waals surface area (Å²) in [6.45, 7) is 4.00. The third-order valence-corrected chi connectivity index (χ3v) is 8.19. The third kappa shape index (κ3) is 5.80. The number of rotatable bonds is 6. The van der Waals surface area contributed by atoms with E-state index >= 15 is 0 Å². The van der Waals surface area contributed by atoms with Gasteiger partial charge < -0.3 is 14.8 Å². The van der Waals surface area contributed by atoms with Gasteiger partial charge in [-0.15, -0.1) is 0 Å². The molecular weight excluding hydrogens is 532 g/mol. The van der Waals surface area contributed by atoms with E-state index in [1.807, 2.05) is 77.7 Å². The maximum absolute atomic E-state index is 13.7. The van der Waals surface area contributed by atoms with Gasteiger partial charge in [-0.05, 0) is 25.0 Å². The summed E-state index contributed by atoms with van der Waals surface area (Å²) in [6, 6.07) is 25.2. The average Bonchev–Trinajstić information content (AvgIpc) is 3.56. The zero-order chi connectivity index (χ0) is 29.1. The van der Waals surface area contributed by atoms with Crippen LogP contribution in [0.2, 0.25) is 0 Å². The number of aromatic nitrogens is 2. The van der Waals surface area contributed by atoms with Crippen molar-refractivity contribution in [2.24, 2.45) is 0 Å². The molecule has 4 heterocycles. The number of hydrogen-bond donors (Lipinski definition) is 1. The van der Waals surface area contributed by atoms with E-state index in [0.29, 0.717) is 37.8 Å². The van der Waals surface area contributed by atoms with E-state index in [0.717, 1.165) is 48.4 Å². The number of piperazine rings is 1. The van der Waals surface area contributed by atoms with Crippen LogP contribution in [0.4, 0.5) is 5.69 Å². The second-order valence-corrected chi connectivity index (χ2v) is 10.7. The fraction of sp³-hybridized carbons (Fsp3) is 0.281. The van der Waals surface area contributed by atoms with Gasteiger partial charge in [-0.25, -0.2) is 4.98 Å². The highest BCUT2D eigenvalue weighted by Gasteiger charge is 2.31. The minimum absolute atomic E-state index is 0.00636. The standard InChI is InChI=1S/C32H32N6O4/c39-31(25-19-28(23-7-3-1-4-8-23)34-29(20-25)24-9-5-2-6-10-24)37-17-15-35(16-18-37)26-11-13-36(14-12-26)32(40)30-21-27(22-33-30)38(41)42/h1-10,19-22,26,33H,11-18H2. The van der Waals surface area contributed by atoms with Gasteiger partial charge in [-0.3, -0.25) is 24.6 Å². The van der Waals surface area contributed by atoms with Gasteiger partial charge in [-0.1, -0.05) is 60.7 Å². The highest BCUT2D eigenvalue weighted by molar-refractivity contribution is 5.96. The third-order valence-electron chi connectivity index (χ3n) is 8.19. The first-order valence-corrected chi connectivity index (χ1v) is 14.2. The Kier molecular flexibility index (Phi) is 7.78. The van der Waals surface area contributed by atoms with E-state index in [2.05, 4.69) is 9.88 Å². The average molecular weight is 565 g/mol. The number of amides is 2. The Hall–Kier alpha value is -4.83. The first kappa shape index (κ1) is 27.3. The lowest BCUT2D eigenvalue weighted by Crippen LogP contribution is -2.54. The Morgan fingerprint density at radius 1 is 0.762 bits per heavy atom. The number of aromatic amines is 1. The van der Waals surface area contributed by atoms with Crippen LogP contribution in [0.3, 0.4) is 0 Å². The smallest absolute Gasteiger partial charge is 0.287 e. The fourth-order valence-electron chi connectivity index (χ4n) is 5.86. The molecule has 10 heteroatoms. The van der Waals surface area contributed by atoms with Crippen molar-refractivity contribution in [3.05, 3.63) is 106 Å². The normalized spacial score (nSPS) is 16.4. The second kappa shape index (κ2) is 12.0. The van der Waals surface area contributed by atoms with Crippen LogP contribution < -0.4 is 0 Å². The molecule has 2 aliphatic heterocycles. The molecule has 0 spiro atoms. The predicted octanol–water partition coefficient (Wildman–Crippen LogP) is 4.71. The number of nitro groups is 1. The van der Waals surface area contributed by atoms with Crippen LogP contribution in [0.25, 0.3) is 22.5 Å². The largest absolute Gasteiger partial charge is 0.351 e. The molecule has 2 aliphatic rings. The fourth-order valence-corrected chi connectivity index (χ4v) is 5.86. The minimum atomic E-state index is -0.511. The van der Waals surface area contributed by atoms with Crippen molar-refractivity contribution in [2.75, 3.05) is 39.3 Å². The Bertz CT molecular complexity index is 1520. The van der Waals surface area contributed by atoms with Gasteiger partial charge in [-0.2, -0.15) is 0 Å². The summed E-state index contributed by atoms with van der Waals surface area (Å²) in [6.07, 6.45) is 2.90. The Morgan fingerprint density at radius 2 is 1.31 bits per heavy atom. The van der Waals surface area contributed by atoms with Crippen molar-refractivity contribution in [3.63, 3.8) is 0 Å². The highest BCUT2D eigenvalue weighted by Crippen LogP contribution is 2.27. The van der Waals surface area contributed by atoms with Crippen molar-refractivity contribution in [1.82, 2.24) is 24.7 Å². The SMILES string of the molecule is O=C(c1cc(-c2ccccc2)nc(-c2ccccc2)c1)N1CCN(C2CCN(C(=O)c3cc([N+](=O)[O-])c[nH]3)CC2)CC1. The summed E-state index contributed by atoms with van der Waals surface area (Å²) < 4.78 is 0. The van der Waals surface area contributed by atoms with Gasteiger partial charge in [0.05, 0.1) is 22.5 Å². The number of nitrogens with one attached hydrogen (secondary N) is 1. The zero-order valence-corrected chi connectivity index (χ0v) is 23.2. The van der Waals surface area contributed by atoms with Crippen molar-refractivity contribution < 1.29 is 14.5 Å². The van der Waals surface area contributed by atoms with Crippen LogP contribution in [0.1, 0.15) is 33.7 Å². The quantitative estimate of drug-likeness (QED) is 0.268. The van der Waals surface area contributed by atoms with Crippen LogP contribution in [-0.2, 0) is 0 Å². The highest BCUT2D eigenvalue weighted by atomic mass is 16.6. The van der Waals surface area contributed by atoms with Crippen molar-refractivity contribution in [3.8, 4) is 22.5 Å². The number of carbonyl (C=O) groups excluding carboxylic acids is 2. The van der Waals surface area contributed by atoms with Gasteiger partial charge in [0.25, 0.3) is 17.5 Å². The number of likely N-dealkylation sites (tertiary alicyclic amines) is 1. The monoisotopic (exact) mass is 564 g/mol. The Labute approximate surface area is 243 Å². The number of carbonyl (C=O) groups is 2. The van der Waals surface area contributed by atoms with Gasteiger partial charge in [0.15, 0.2) is 0 Å². The molecule has 1 N–H and O–H groups in total. The lowest BCUT2D eigenvalue weighted by molar-refractivity contribution is -0.384. The van der Waals surface area contributed by atoms with Gasteiger partial charge in [0.2, 0.25) is 0 Å². The van der Waals surface area contributed by atoms with E-state index in [9.17, 15) is 19.7 Å². The molecule has 2 amide bonds. The van der Waals surface area contributed by atoms with Crippen molar-refractivity contribution in [1.29, 1.82) is 0 Å². The van der Waals surface area contributed by atoms with E-state index in [1.54, 1.807) is 4.90 Å². The molecule has 2 aromatic heterocycles. The summed E-state index contributed by atoms with van der Waals surface area (Å²) in [5.41, 5.74) is 4.24. The van der Waals surface area contributed by atoms with Gasteiger partial charge >= 0.3 is 0 Å². The molecule has 42 heavy (non-hydrogen) atoms. The molecule has 2 fully saturated rings. The molecule has 0 unspecified atom stereocenters. The molecule has 2 aromatic carbocycles. The maximum Gasteiger partial charge on any atom is 0.287 e. The van der Waals surface area contributed by atoms with E-state index in [4.69, 9.17) is 4.98 Å². The number of nitrogens with zero attached hydrogens (tertiary/aromatic N) is 5. The second-order valence-electron chi connectivity index (χ2n) is 10.7. The number of pyridine rings is 1. The molecule has 6 rings (SSSR count). The molecule has 0 saturated carbocycles. The molecule has 0 aliphatic carbocycles. The topological polar surface area (TPSA) is 116 Å². The van der Waals surface area contributed by atoms with E-state index in [-0.39, 0.29) is 23.2 Å². The van der Waals surface area contributed by atoms with Gasteiger partial charge in [0.1, 0.15) is 5.69 Å². The number of piperidine rings is 1. The summed E-state index contributed by atoms with van der Waals surface area (Å²) in [7, 11) is 0. The Morgan fingerprint density at radius 3 is 1.83 bits per heavy atom. The van der Waals surface area contributed by atoms with E-state index < -0.39 is 4.92 Å². The van der Waals surface area contributed by atoms with Crippen LogP contribution in [0.5, 0.6) is 0 Å². The number of hydrogen-bond acceptors (Lipinski definition) is 6. The summed E-state index contributed by atoms with van der Waals surface area (Å²) in [4.78, 5) is 50.7. The van der Waals surface area contributed by atoms with Crippen molar-refractivity contribution in [2.45, 2.75) is 18.9 Å². The molecule has 0 radical (unpaired) electrons. The van der Waals surface area contributed by atoms with Crippen molar-refractivity contribution >= 4 is 17.5 Å². The molecule has 0 bridgehead atoms. The van der Waals surface area contributed by atoms with Crippen LogP contribution in [0.15, 0.2) is 85.1 Å². The molecule has 10 nitrogen and oxygen atoms in total. The maximum atomic E-state index is 13.7. The summed E-state index contributed by atoms with van der Waals surface area (Å²) >= 11 is 0. The molecule has 0 atom stereocenters. The van der Waals surface area contributed by atoms with Crippen LogP contribution >= 0.6 is 0 Å². The Balaban J connectivity index is 1.09. The lowest BCUT2D eigenvalue weighted by atomic mass is 10.0.